The molecule has 1 aliphatic rings. The summed E-state index contributed by atoms with van der Waals surface area (Å²) in [4.78, 5) is 25.4. The quantitative estimate of drug-likeness (QED) is 0.647. The molecule has 0 radical (unpaired) electrons. The molecule has 0 fully saturated rings. The molecule has 0 saturated heterocycles. The maximum absolute atomic E-state index is 11.4. The zero-order chi connectivity index (χ0) is 9.71. The summed E-state index contributed by atoms with van der Waals surface area (Å²) in [5.41, 5.74) is 1.09. The maximum atomic E-state index is 11.4. The Kier molecular flexibility index (Phi) is 1.16. The number of carbonyl (C=O) groups is 1. The molecule has 0 saturated carbocycles. The molecule has 1 aliphatic heterocycles. The average Bonchev–Trinajstić information content (AvgIpc) is 2.52. The van der Waals surface area contributed by atoms with Gasteiger partial charge in [-0.15, -0.1) is 0 Å². The van der Waals surface area contributed by atoms with Crippen molar-refractivity contribution in [2.75, 3.05) is 5.32 Å². The molecule has 14 heavy (non-hydrogen) atoms. The van der Waals surface area contributed by atoms with E-state index in [0.29, 0.717) is 16.6 Å². The van der Waals surface area contributed by atoms with E-state index in [9.17, 15) is 9.59 Å². The van der Waals surface area contributed by atoms with Crippen molar-refractivity contribution in [3.63, 3.8) is 0 Å². The average molecular weight is 186 g/mol. The van der Waals surface area contributed by atoms with E-state index in [4.69, 9.17) is 0 Å². The lowest BCUT2D eigenvalue weighted by Gasteiger charge is -1.96. The fraction of sp³-hybridized carbons (Fsp3) is 0. The van der Waals surface area contributed by atoms with Gasteiger partial charge in [0.25, 0.3) is 11.5 Å². The van der Waals surface area contributed by atoms with Crippen LogP contribution in [-0.2, 0) is 0 Å². The SMILES string of the molecule is O=C1Nc2c[nH]c(=O)c3cccc1c23. The molecular weight excluding hydrogens is 180 g/mol. The van der Waals surface area contributed by atoms with Gasteiger partial charge in [-0.05, 0) is 12.1 Å². The molecule has 0 unspecified atom stereocenters. The number of rotatable bonds is 0. The molecule has 68 valence electrons. The maximum Gasteiger partial charge on any atom is 0.256 e. The van der Waals surface area contributed by atoms with Crippen molar-refractivity contribution in [1.29, 1.82) is 0 Å². The second kappa shape index (κ2) is 2.23. The van der Waals surface area contributed by atoms with E-state index >= 15 is 0 Å². The van der Waals surface area contributed by atoms with Crippen molar-refractivity contribution in [2.45, 2.75) is 0 Å². The predicted octanol–water partition coefficient (Wildman–Crippen LogP) is 1.09. The molecular formula is C10H6N2O2. The Labute approximate surface area is 78.6 Å². The summed E-state index contributed by atoms with van der Waals surface area (Å²) in [5.74, 6) is -0.149. The van der Waals surface area contributed by atoms with Crippen molar-refractivity contribution in [3.05, 3.63) is 40.3 Å². The number of anilines is 1. The van der Waals surface area contributed by atoms with Crippen molar-refractivity contribution in [2.24, 2.45) is 0 Å². The molecule has 2 aromatic rings. The Morgan fingerprint density at radius 1 is 1.14 bits per heavy atom. The molecule has 0 bridgehead atoms. The number of pyridine rings is 1. The van der Waals surface area contributed by atoms with E-state index in [-0.39, 0.29) is 11.5 Å². The lowest BCUT2D eigenvalue weighted by atomic mass is 10.1. The summed E-state index contributed by atoms with van der Waals surface area (Å²) in [6, 6.07) is 5.14. The zero-order valence-electron chi connectivity index (χ0n) is 7.13. The highest BCUT2D eigenvalue weighted by Crippen LogP contribution is 2.29. The third-order valence-corrected chi connectivity index (χ3v) is 2.42. The first-order valence-corrected chi connectivity index (χ1v) is 4.23. The number of nitrogens with one attached hydrogen (secondary N) is 2. The smallest absolute Gasteiger partial charge is 0.256 e. The van der Waals surface area contributed by atoms with Gasteiger partial charge in [0.15, 0.2) is 0 Å². The third kappa shape index (κ3) is 0.724. The lowest BCUT2D eigenvalue weighted by Crippen LogP contribution is -2.05. The Balaban J connectivity index is 2.65. The Morgan fingerprint density at radius 3 is 2.86 bits per heavy atom. The Morgan fingerprint density at radius 2 is 2.00 bits per heavy atom. The van der Waals surface area contributed by atoms with Gasteiger partial charge in [0, 0.05) is 22.5 Å². The molecule has 3 rings (SSSR count). The van der Waals surface area contributed by atoms with Crippen molar-refractivity contribution in [1.82, 2.24) is 4.98 Å². The molecule has 1 aromatic heterocycles. The normalized spacial score (nSPS) is 13.3. The molecule has 1 amide bonds. The van der Waals surface area contributed by atoms with Crippen LogP contribution in [0, 0.1) is 0 Å². The van der Waals surface area contributed by atoms with E-state index in [1.165, 1.54) is 6.20 Å². The van der Waals surface area contributed by atoms with Crippen LogP contribution in [0.25, 0.3) is 10.8 Å². The minimum Gasteiger partial charge on any atom is -0.326 e. The number of amides is 1. The van der Waals surface area contributed by atoms with Crippen LogP contribution in [0.3, 0.4) is 0 Å². The fourth-order valence-electron chi connectivity index (χ4n) is 1.80. The molecule has 0 spiro atoms. The van der Waals surface area contributed by atoms with Crippen LogP contribution < -0.4 is 10.9 Å². The zero-order valence-corrected chi connectivity index (χ0v) is 7.13. The van der Waals surface area contributed by atoms with Gasteiger partial charge in [-0.1, -0.05) is 6.07 Å². The first-order valence-electron chi connectivity index (χ1n) is 4.23. The first-order chi connectivity index (χ1) is 6.77. The molecule has 0 aliphatic carbocycles. The number of benzene rings is 1. The highest BCUT2D eigenvalue weighted by Gasteiger charge is 2.21. The molecule has 2 heterocycles. The molecule has 0 atom stereocenters. The highest BCUT2D eigenvalue weighted by atomic mass is 16.2. The summed E-state index contributed by atoms with van der Waals surface area (Å²) in [5, 5.41) is 3.97. The van der Waals surface area contributed by atoms with Gasteiger partial charge < -0.3 is 10.3 Å². The van der Waals surface area contributed by atoms with Crippen molar-refractivity contribution >= 4 is 22.4 Å². The van der Waals surface area contributed by atoms with Gasteiger partial charge in [-0.25, -0.2) is 0 Å². The Hall–Kier alpha value is -2.10. The summed E-state index contributed by atoms with van der Waals surface area (Å²) >= 11 is 0. The van der Waals surface area contributed by atoms with Gasteiger partial charge in [-0.3, -0.25) is 9.59 Å². The van der Waals surface area contributed by atoms with Gasteiger partial charge in [-0.2, -0.15) is 0 Å². The van der Waals surface area contributed by atoms with Crippen LogP contribution in [0.4, 0.5) is 5.69 Å². The van der Waals surface area contributed by atoms with E-state index < -0.39 is 0 Å². The van der Waals surface area contributed by atoms with Gasteiger partial charge in [0.1, 0.15) is 0 Å². The monoisotopic (exact) mass is 186 g/mol. The number of hydrogen-bond donors (Lipinski definition) is 2. The first kappa shape index (κ1) is 7.32. The van der Waals surface area contributed by atoms with E-state index in [1.54, 1.807) is 18.2 Å². The van der Waals surface area contributed by atoms with Gasteiger partial charge >= 0.3 is 0 Å². The van der Waals surface area contributed by atoms with Crippen LogP contribution in [0.5, 0.6) is 0 Å². The predicted molar refractivity (Wildman–Crippen MR) is 52.5 cm³/mol. The van der Waals surface area contributed by atoms with Crippen LogP contribution in [0.15, 0.2) is 29.2 Å². The van der Waals surface area contributed by atoms with Crippen LogP contribution in [0.2, 0.25) is 0 Å². The Bertz CT molecular complexity index is 613. The summed E-state index contributed by atoms with van der Waals surface area (Å²) in [6.07, 6.45) is 1.53. The van der Waals surface area contributed by atoms with Crippen LogP contribution in [-0.4, -0.2) is 10.9 Å². The van der Waals surface area contributed by atoms with Crippen LogP contribution in [0.1, 0.15) is 10.4 Å². The van der Waals surface area contributed by atoms with Gasteiger partial charge in [0.2, 0.25) is 0 Å². The minimum absolute atomic E-state index is 0.149. The minimum atomic E-state index is -0.165. The van der Waals surface area contributed by atoms with E-state index in [0.717, 1.165) is 5.39 Å². The van der Waals surface area contributed by atoms with Crippen molar-refractivity contribution < 1.29 is 4.79 Å². The van der Waals surface area contributed by atoms with Gasteiger partial charge in [0.05, 0.1) is 5.69 Å². The highest BCUT2D eigenvalue weighted by molar-refractivity contribution is 6.23. The number of aromatic amines is 1. The largest absolute Gasteiger partial charge is 0.326 e. The standard InChI is InChI=1S/C10H6N2O2/c13-9-5-2-1-3-6-8(5)7(4-11-9)12-10(6)14/h1-4H,(H,11,13)(H,12,14). The second-order valence-corrected chi connectivity index (χ2v) is 3.21. The fourth-order valence-corrected chi connectivity index (χ4v) is 1.80. The summed E-state index contributed by atoms with van der Waals surface area (Å²) in [6.45, 7) is 0. The molecule has 1 aromatic carbocycles. The van der Waals surface area contributed by atoms with E-state index in [1.807, 2.05) is 0 Å². The third-order valence-electron chi connectivity index (χ3n) is 2.42. The number of aromatic nitrogens is 1. The number of carbonyl (C=O) groups excluding carboxylic acids is 1. The van der Waals surface area contributed by atoms with E-state index in [2.05, 4.69) is 10.3 Å². The number of H-pyrrole nitrogens is 1. The topological polar surface area (TPSA) is 62.0 Å². The van der Waals surface area contributed by atoms with Crippen LogP contribution >= 0.6 is 0 Å². The molecule has 4 heteroatoms. The molecule has 2 N–H and O–H groups in total. The number of hydrogen-bond acceptors (Lipinski definition) is 2. The summed E-state index contributed by atoms with van der Waals surface area (Å²) < 4.78 is 0. The lowest BCUT2D eigenvalue weighted by molar-refractivity contribution is 0.103. The molecule has 4 nitrogen and oxygen atoms in total. The second-order valence-electron chi connectivity index (χ2n) is 3.21. The van der Waals surface area contributed by atoms with Crippen molar-refractivity contribution in [3.8, 4) is 0 Å². The summed E-state index contributed by atoms with van der Waals surface area (Å²) in [7, 11) is 0.